The molecule has 2 aromatic heterocycles. The predicted molar refractivity (Wildman–Crippen MR) is 180 cm³/mol. The second kappa shape index (κ2) is 16.8. The van der Waals surface area contributed by atoms with E-state index in [1.165, 1.54) is 29.0 Å². The average Bonchev–Trinajstić information content (AvgIpc) is 3.53. The van der Waals surface area contributed by atoms with Gasteiger partial charge in [0.05, 0.1) is 11.6 Å². The normalized spacial score (nSPS) is 20.5. The molecule has 3 aromatic rings. The van der Waals surface area contributed by atoms with Gasteiger partial charge in [-0.05, 0) is 72.9 Å². The van der Waals surface area contributed by atoms with Gasteiger partial charge in [-0.15, -0.1) is 0 Å². The molecular formula is C36H42FN7O6. The van der Waals surface area contributed by atoms with E-state index in [4.69, 9.17) is 4.74 Å². The van der Waals surface area contributed by atoms with E-state index in [2.05, 4.69) is 20.6 Å². The van der Waals surface area contributed by atoms with Crippen LogP contribution in [-0.2, 0) is 32.1 Å². The van der Waals surface area contributed by atoms with E-state index < -0.39 is 29.7 Å². The number of hydrogen-bond acceptors (Lipinski definition) is 8. The van der Waals surface area contributed by atoms with Crippen LogP contribution in [0.15, 0.2) is 67.3 Å². The van der Waals surface area contributed by atoms with E-state index in [1.54, 1.807) is 48.9 Å². The minimum absolute atomic E-state index is 0.0101. The minimum Gasteiger partial charge on any atom is -0.491 e. The first kappa shape index (κ1) is 35.9. The van der Waals surface area contributed by atoms with Crippen LogP contribution in [0, 0.1) is 5.82 Å². The SMILES string of the molecule is CN1CCC(=O)N2C[C@H](NC(=O)CCc3ccncc3)C[C@H]2COc2ccc(F)cc2C(=O)N(C)[C@H](C(=O)NCc2ccncc2)CCC1=O. The maximum Gasteiger partial charge on any atom is 0.258 e. The molecule has 1 saturated heterocycles. The number of fused-ring (bicyclic) bond motifs is 2. The molecule has 2 N–H and O–H groups in total. The van der Waals surface area contributed by atoms with Crippen molar-refractivity contribution < 1.29 is 33.1 Å². The summed E-state index contributed by atoms with van der Waals surface area (Å²) in [6, 6.07) is 8.87. The molecule has 2 aliphatic heterocycles. The summed E-state index contributed by atoms with van der Waals surface area (Å²) in [5.41, 5.74) is 1.68. The number of carbonyl (C=O) groups excluding carboxylic acids is 5. The molecule has 5 amide bonds. The largest absolute Gasteiger partial charge is 0.491 e. The molecule has 1 aromatic carbocycles. The standard InChI is InChI=1S/C36H42FN7O6/c1-42-18-13-34(47)44-22-27(41-32(45)7-3-24-9-14-38-15-10-24)20-28(44)23-50-31-6-4-26(37)19-29(31)36(49)43(2)30(5-8-33(42)46)35(48)40-21-25-11-16-39-17-12-25/h4,6,9-12,14-17,19,27-28,30H,3,5,7-8,13,18,20-23H2,1-2H3,(H,40,48)(H,41,45)/t27-,28+,30+/m1/s1. The highest BCUT2D eigenvalue weighted by Gasteiger charge is 2.37. The number of ether oxygens (including phenoxy) is 1. The fourth-order valence-corrected chi connectivity index (χ4v) is 6.20. The van der Waals surface area contributed by atoms with Gasteiger partial charge in [-0.3, -0.25) is 33.9 Å². The fraction of sp³-hybridized carbons (Fsp3) is 0.417. The van der Waals surface area contributed by atoms with Crippen LogP contribution in [0.5, 0.6) is 5.75 Å². The number of hydrogen-bond donors (Lipinski definition) is 2. The zero-order valence-corrected chi connectivity index (χ0v) is 28.2. The first-order chi connectivity index (χ1) is 24.1. The van der Waals surface area contributed by atoms with Crippen molar-refractivity contribution in [2.45, 2.75) is 63.2 Å². The summed E-state index contributed by atoms with van der Waals surface area (Å²) in [5.74, 6) is -2.43. The molecule has 4 heterocycles. The van der Waals surface area contributed by atoms with E-state index in [0.717, 1.165) is 17.2 Å². The smallest absolute Gasteiger partial charge is 0.258 e. The lowest BCUT2D eigenvalue weighted by atomic mass is 10.1. The zero-order chi connectivity index (χ0) is 35.6. The Morgan fingerprint density at radius 1 is 0.940 bits per heavy atom. The highest BCUT2D eigenvalue weighted by Crippen LogP contribution is 2.26. The first-order valence-electron chi connectivity index (χ1n) is 16.7. The van der Waals surface area contributed by atoms with E-state index >= 15 is 0 Å². The zero-order valence-electron chi connectivity index (χ0n) is 28.2. The van der Waals surface area contributed by atoms with Crippen molar-refractivity contribution in [2.75, 3.05) is 33.8 Å². The Labute approximate surface area is 290 Å². The molecule has 0 saturated carbocycles. The van der Waals surface area contributed by atoms with Crippen molar-refractivity contribution in [3.63, 3.8) is 0 Å². The number of halogens is 1. The number of benzene rings is 1. The van der Waals surface area contributed by atoms with Gasteiger partial charge in [0.25, 0.3) is 5.91 Å². The molecule has 50 heavy (non-hydrogen) atoms. The van der Waals surface area contributed by atoms with Gasteiger partial charge in [0.15, 0.2) is 0 Å². The van der Waals surface area contributed by atoms with E-state index in [-0.39, 0.29) is 87.0 Å². The third-order valence-electron chi connectivity index (χ3n) is 9.12. The molecule has 0 spiro atoms. The van der Waals surface area contributed by atoms with Crippen molar-refractivity contribution in [3.8, 4) is 5.75 Å². The van der Waals surface area contributed by atoms with Gasteiger partial charge >= 0.3 is 0 Å². The first-order valence-corrected chi connectivity index (χ1v) is 16.7. The molecule has 14 heteroatoms. The number of nitrogens with one attached hydrogen (secondary N) is 2. The van der Waals surface area contributed by atoms with Gasteiger partial charge in [0.1, 0.15) is 24.2 Å². The Bertz CT molecular complexity index is 1680. The van der Waals surface area contributed by atoms with Crippen molar-refractivity contribution in [2.24, 2.45) is 0 Å². The third kappa shape index (κ3) is 9.39. The highest BCUT2D eigenvalue weighted by atomic mass is 19.1. The summed E-state index contributed by atoms with van der Waals surface area (Å²) in [6.45, 7) is 0.532. The average molecular weight is 688 g/mol. The summed E-state index contributed by atoms with van der Waals surface area (Å²) in [7, 11) is 3.02. The number of carbonyl (C=O) groups is 5. The Balaban J connectivity index is 1.35. The molecular weight excluding hydrogens is 645 g/mol. The molecule has 2 aliphatic rings. The quantitative estimate of drug-likeness (QED) is 0.383. The van der Waals surface area contributed by atoms with Crippen molar-refractivity contribution in [1.29, 1.82) is 0 Å². The van der Waals surface area contributed by atoms with Crippen LogP contribution in [0.2, 0.25) is 0 Å². The van der Waals surface area contributed by atoms with Gasteiger partial charge < -0.3 is 30.1 Å². The van der Waals surface area contributed by atoms with Gasteiger partial charge in [-0.25, -0.2) is 4.39 Å². The Morgan fingerprint density at radius 2 is 1.64 bits per heavy atom. The predicted octanol–water partition coefficient (Wildman–Crippen LogP) is 2.11. The Morgan fingerprint density at radius 3 is 2.36 bits per heavy atom. The lowest BCUT2D eigenvalue weighted by Crippen LogP contribution is -2.48. The van der Waals surface area contributed by atoms with Crippen LogP contribution in [-0.4, -0.2) is 106 Å². The van der Waals surface area contributed by atoms with Crippen LogP contribution < -0.4 is 15.4 Å². The van der Waals surface area contributed by atoms with Crippen LogP contribution in [0.25, 0.3) is 0 Å². The molecule has 0 radical (unpaired) electrons. The summed E-state index contributed by atoms with van der Waals surface area (Å²) in [6.07, 6.45) is 7.69. The molecule has 0 unspecified atom stereocenters. The molecule has 13 nitrogen and oxygen atoms in total. The molecule has 1 fully saturated rings. The number of aromatic nitrogens is 2. The van der Waals surface area contributed by atoms with Crippen LogP contribution in [0.4, 0.5) is 4.39 Å². The highest BCUT2D eigenvalue weighted by molar-refractivity contribution is 5.99. The number of likely N-dealkylation sites (N-methyl/N-ethyl adjacent to an activating group) is 1. The number of pyridine rings is 2. The minimum atomic E-state index is -1.07. The summed E-state index contributed by atoms with van der Waals surface area (Å²) < 4.78 is 20.7. The van der Waals surface area contributed by atoms with Gasteiger partial charge in [-0.2, -0.15) is 0 Å². The monoisotopic (exact) mass is 687 g/mol. The summed E-state index contributed by atoms with van der Waals surface area (Å²) in [4.78, 5) is 79.2. The lowest BCUT2D eigenvalue weighted by molar-refractivity contribution is -0.135. The Hall–Kier alpha value is -5.40. The van der Waals surface area contributed by atoms with Gasteiger partial charge in [0.2, 0.25) is 23.6 Å². The molecule has 3 atom stereocenters. The van der Waals surface area contributed by atoms with Gasteiger partial charge in [0, 0.05) is 83.8 Å². The number of amides is 5. The van der Waals surface area contributed by atoms with Gasteiger partial charge in [-0.1, -0.05) is 0 Å². The molecule has 5 rings (SSSR count). The summed E-state index contributed by atoms with van der Waals surface area (Å²) in [5, 5.41) is 5.86. The van der Waals surface area contributed by atoms with E-state index in [9.17, 15) is 28.4 Å². The van der Waals surface area contributed by atoms with Crippen molar-refractivity contribution in [1.82, 2.24) is 35.3 Å². The van der Waals surface area contributed by atoms with E-state index in [0.29, 0.717) is 12.8 Å². The van der Waals surface area contributed by atoms with E-state index in [1.807, 2.05) is 12.1 Å². The lowest BCUT2D eigenvalue weighted by Gasteiger charge is -2.30. The topological polar surface area (TPSA) is 154 Å². The maximum atomic E-state index is 14.6. The van der Waals surface area contributed by atoms with Crippen LogP contribution >= 0.6 is 0 Å². The Kier molecular flexibility index (Phi) is 12.1. The van der Waals surface area contributed by atoms with Crippen molar-refractivity contribution in [3.05, 3.63) is 89.8 Å². The number of nitrogens with zero attached hydrogens (tertiary/aromatic N) is 5. The third-order valence-corrected chi connectivity index (χ3v) is 9.12. The fourth-order valence-electron chi connectivity index (χ4n) is 6.20. The molecule has 0 bridgehead atoms. The second-order valence-electron chi connectivity index (χ2n) is 12.6. The number of rotatable bonds is 7. The maximum absolute atomic E-state index is 14.6. The molecule has 0 aliphatic carbocycles. The van der Waals surface area contributed by atoms with Crippen molar-refractivity contribution >= 4 is 29.5 Å². The van der Waals surface area contributed by atoms with Crippen LogP contribution in [0.1, 0.15) is 53.6 Å². The summed E-state index contributed by atoms with van der Waals surface area (Å²) >= 11 is 0. The number of aryl methyl sites for hydroxylation is 1. The van der Waals surface area contributed by atoms with Crippen LogP contribution in [0.3, 0.4) is 0 Å². The second-order valence-corrected chi connectivity index (χ2v) is 12.6. The molecule has 264 valence electrons.